The number of carbonyl (C=O) groups is 2. The van der Waals surface area contributed by atoms with Crippen LogP contribution in [0.2, 0.25) is 0 Å². The fourth-order valence-corrected chi connectivity index (χ4v) is 4.21. The van der Waals surface area contributed by atoms with E-state index in [1.165, 1.54) is 24.3 Å². The van der Waals surface area contributed by atoms with Crippen LogP contribution in [0.15, 0.2) is 54.2 Å². The Kier molecular flexibility index (Phi) is 5.57. The zero-order valence-electron chi connectivity index (χ0n) is 17.5. The van der Waals surface area contributed by atoms with Crippen LogP contribution in [0.1, 0.15) is 24.0 Å². The molecule has 2 heterocycles. The summed E-state index contributed by atoms with van der Waals surface area (Å²) in [6, 6.07) is 14.1. The summed E-state index contributed by atoms with van der Waals surface area (Å²) in [6.45, 7) is 1.82. The van der Waals surface area contributed by atoms with Gasteiger partial charge in [0.1, 0.15) is 11.5 Å². The number of piperidine rings is 1. The first-order valence-corrected chi connectivity index (χ1v) is 10.2. The minimum atomic E-state index is -0.448. The van der Waals surface area contributed by atoms with Crippen molar-refractivity contribution in [1.29, 1.82) is 5.26 Å². The van der Waals surface area contributed by atoms with Crippen molar-refractivity contribution < 1.29 is 14.0 Å². The molecule has 2 aliphatic rings. The van der Waals surface area contributed by atoms with Gasteiger partial charge in [0.15, 0.2) is 0 Å². The summed E-state index contributed by atoms with van der Waals surface area (Å²) < 4.78 is 13.5. The molecule has 0 spiro atoms. The third kappa shape index (κ3) is 3.82. The summed E-state index contributed by atoms with van der Waals surface area (Å²) >= 11 is 0. The van der Waals surface area contributed by atoms with Crippen molar-refractivity contribution in [3.63, 3.8) is 0 Å². The van der Waals surface area contributed by atoms with Crippen LogP contribution in [-0.2, 0) is 9.59 Å². The molecule has 158 valence electrons. The van der Waals surface area contributed by atoms with E-state index in [4.69, 9.17) is 5.26 Å². The van der Waals surface area contributed by atoms with Gasteiger partial charge >= 0.3 is 0 Å². The molecule has 2 aliphatic heterocycles. The van der Waals surface area contributed by atoms with Gasteiger partial charge in [0, 0.05) is 13.1 Å². The fraction of sp³-hybridized carbons (Fsp3) is 0.292. The molecule has 0 N–H and O–H groups in total. The Bertz CT molecular complexity index is 1080. The smallest absolute Gasteiger partial charge is 0.282 e. The van der Waals surface area contributed by atoms with Gasteiger partial charge in [-0.2, -0.15) is 5.26 Å². The highest BCUT2D eigenvalue weighted by atomic mass is 19.1. The standard InChI is InChI=1S/C24H23FN4O2/c1-27-13-11-19(12-14-27)28(2)22-21(17-5-7-18(25)8-6-17)23(30)29(24(22)31)20-9-3-16(15-26)4-10-20/h3-10,19H,11-14H2,1-2H3. The van der Waals surface area contributed by atoms with Crippen LogP contribution >= 0.6 is 0 Å². The van der Waals surface area contributed by atoms with E-state index in [1.807, 2.05) is 18.0 Å². The van der Waals surface area contributed by atoms with Crippen LogP contribution in [0.25, 0.3) is 5.57 Å². The summed E-state index contributed by atoms with van der Waals surface area (Å²) in [5.74, 6) is -1.26. The molecular formula is C24H23FN4O2. The molecular weight excluding hydrogens is 395 g/mol. The highest BCUT2D eigenvalue weighted by molar-refractivity contribution is 6.45. The average molecular weight is 418 g/mol. The zero-order chi connectivity index (χ0) is 22.1. The van der Waals surface area contributed by atoms with E-state index in [0.717, 1.165) is 30.8 Å². The fourth-order valence-electron chi connectivity index (χ4n) is 4.21. The first kappa shape index (κ1) is 20.8. The van der Waals surface area contributed by atoms with Crippen LogP contribution in [0.3, 0.4) is 0 Å². The van der Waals surface area contributed by atoms with Gasteiger partial charge < -0.3 is 9.80 Å². The van der Waals surface area contributed by atoms with E-state index in [0.29, 0.717) is 22.5 Å². The van der Waals surface area contributed by atoms with E-state index in [1.54, 1.807) is 24.3 Å². The number of benzene rings is 2. The summed E-state index contributed by atoms with van der Waals surface area (Å²) in [5.41, 5.74) is 1.95. The van der Waals surface area contributed by atoms with E-state index in [9.17, 15) is 14.0 Å². The quantitative estimate of drug-likeness (QED) is 0.714. The lowest BCUT2D eigenvalue weighted by Gasteiger charge is -2.36. The maximum Gasteiger partial charge on any atom is 0.282 e. The molecule has 2 aromatic rings. The van der Waals surface area contributed by atoms with Crippen LogP contribution in [0.4, 0.5) is 10.1 Å². The Balaban J connectivity index is 1.77. The van der Waals surface area contributed by atoms with Crippen LogP contribution in [0, 0.1) is 17.1 Å². The maximum atomic E-state index is 13.5. The lowest BCUT2D eigenvalue weighted by Crippen LogP contribution is -2.43. The molecule has 2 amide bonds. The molecule has 1 fully saturated rings. The van der Waals surface area contributed by atoms with Crippen LogP contribution in [0.5, 0.6) is 0 Å². The van der Waals surface area contributed by atoms with Crippen LogP contribution < -0.4 is 4.90 Å². The number of hydrogen-bond acceptors (Lipinski definition) is 5. The van der Waals surface area contributed by atoms with E-state index >= 15 is 0 Å². The molecule has 31 heavy (non-hydrogen) atoms. The molecule has 7 heteroatoms. The maximum absolute atomic E-state index is 13.5. The SMILES string of the molecule is CN1CCC(N(C)C2=C(c3ccc(F)cc3)C(=O)N(c3ccc(C#N)cc3)C2=O)CC1. The number of hydrogen-bond donors (Lipinski definition) is 0. The Morgan fingerprint density at radius 2 is 1.61 bits per heavy atom. The molecule has 2 aromatic carbocycles. The van der Waals surface area contributed by atoms with E-state index < -0.39 is 17.6 Å². The third-order valence-electron chi connectivity index (χ3n) is 6.04. The number of imide groups is 1. The highest BCUT2D eigenvalue weighted by Crippen LogP contribution is 2.36. The minimum absolute atomic E-state index is 0.124. The lowest BCUT2D eigenvalue weighted by molar-refractivity contribution is -0.120. The van der Waals surface area contributed by atoms with Crippen molar-refractivity contribution in [2.45, 2.75) is 18.9 Å². The number of halogens is 1. The van der Waals surface area contributed by atoms with Crippen molar-refractivity contribution in [1.82, 2.24) is 9.80 Å². The highest BCUT2D eigenvalue weighted by Gasteiger charge is 2.43. The Morgan fingerprint density at radius 3 is 2.19 bits per heavy atom. The van der Waals surface area contributed by atoms with E-state index in [2.05, 4.69) is 11.9 Å². The second kappa shape index (κ2) is 8.32. The number of amides is 2. The van der Waals surface area contributed by atoms with Crippen molar-refractivity contribution in [3.05, 3.63) is 71.2 Å². The predicted octanol–water partition coefficient (Wildman–Crippen LogP) is 3.01. The normalized spacial score (nSPS) is 17.9. The second-order valence-corrected chi connectivity index (χ2v) is 7.98. The van der Waals surface area contributed by atoms with Gasteiger partial charge in [-0.3, -0.25) is 9.59 Å². The first-order valence-electron chi connectivity index (χ1n) is 10.2. The number of carbonyl (C=O) groups excluding carboxylic acids is 2. The summed E-state index contributed by atoms with van der Waals surface area (Å²) in [7, 11) is 3.92. The third-order valence-corrected chi connectivity index (χ3v) is 6.04. The summed E-state index contributed by atoms with van der Waals surface area (Å²) in [6.07, 6.45) is 1.76. The molecule has 0 radical (unpaired) electrons. The number of rotatable bonds is 4. The zero-order valence-corrected chi connectivity index (χ0v) is 17.5. The molecule has 0 aliphatic carbocycles. The Labute approximate surface area is 180 Å². The summed E-state index contributed by atoms with van der Waals surface area (Å²) in [5, 5.41) is 9.04. The van der Waals surface area contributed by atoms with Crippen molar-refractivity contribution >= 4 is 23.1 Å². The number of likely N-dealkylation sites (tertiary alicyclic amines) is 1. The van der Waals surface area contributed by atoms with Crippen molar-refractivity contribution in [3.8, 4) is 6.07 Å². The topological polar surface area (TPSA) is 67.7 Å². The van der Waals surface area contributed by atoms with Gasteiger partial charge in [0.05, 0.1) is 22.9 Å². The van der Waals surface area contributed by atoms with Crippen molar-refractivity contribution in [2.75, 3.05) is 32.1 Å². The molecule has 0 aromatic heterocycles. The number of anilines is 1. The van der Waals surface area contributed by atoms with Gasteiger partial charge in [-0.1, -0.05) is 12.1 Å². The Hall–Kier alpha value is -3.50. The minimum Gasteiger partial charge on any atom is -0.366 e. The van der Waals surface area contributed by atoms with Gasteiger partial charge in [0.2, 0.25) is 0 Å². The summed E-state index contributed by atoms with van der Waals surface area (Å²) in [4.78, 5) is 32.3. The lowest BCUT2D eigenvalue weighted by atomic mass is 10.00. The second-order valence-electron chi connectivity index (χ2n) is 7.98. The predicted molar refractivity (Wildman–Crippen MR) is 115 cm³/mol. The number of likely N-dealkylation sites (N-methyl/N-ethyl adjacent to an activating group) is 1. The molecule has 1 saturated heterocycles. The molecule has 6 nitrogen and oxygen atoms in total. The molecule has 0 bridgehead atoms. The van der Waals surface area contributed by atoms with Gasteiger partial charge in [0.25, 0.3) is 11.8 Å². The van der Waals surface area contributed by atoms with Gasteiger partial charge in [-0.25, -0.2) is 9.29 Å². The van der Waals surface area contributed by atoms with Crippen LogP contribution in [-0.4, -0.2) is 54.8 Å². The van der Waals surface area contributed by atoms with E-state index in [-0.39, 0.29) is 11.6 Å². The van der Waals surface area contributed by atoms with Crippen molar-refractivity contribution in [2.24, 2.45) is 0 Å². The van der Waals surface area contributed by atoms with Gasteiger partial charge in [-0.05, 0) is 74.9 Å². The largest absolute Gasteiger partial charge is 0.366 e. The molecule has 0 unspecified atom stereocenters. The molecule has 0 saturated carbocycles. The van der Waals surface area contributed by atoms with Gasteiger partial charge in [-0.15, -0.1) is 0 Å². The monoisotopic (exact) mass is 418 g/mol. The Morgan fingerprint density at radius 1 is 1.00 bits per heavy atom. The first-order chi connectivity index (χ1) is 14.9. The average Bonchev–Trinajstić information content (AvgIpc) is 3.04. The number of nitrogens with zero attached hydrogens (tertiary/aromatic N) is 4. The number of nitriles is 1. The molecule has 4 rings (SSSR count). The molecule has 0 atom stereocenters.